The largest absolute Gasteiger partial charge is 0.368 e. The molecule has 0 atom stereocenters. The standard InChI is InChI=1S/C10H16N8/c1-4-17(7(2)3)9-14-8(11)15-10(16-9)18-6-12-5-13-18/h5-7H,4H2,1-3H3,(H2,11,14,15,16). The van der Waals surface area contributed by atoms with E-state index in [0.29, 0.717) is 11.9 Å². The second-order valence-corrected chi connectivity index (χ2v) is 4.01. The minimum absolute atomic E-state index is 0.171. The maximum Gasteiger partial charge on any atom is 0.258 e. The third-order valence-corrected chi connectivity index (χ3v) is 2.47. The number of rotatable bonds is 4. The van der Waals surface area contributed by atoms with Crippen molar-refractivity contribution in [1.82, 2.24) is 29.7 Å². The minimum Gasteiger partial charge on any atom is -0.368 e. The molecule has 2 aromatic heterocycles. The van der Waals surface area contributed by atoms with Gasteiger partial charge in [0.25, 0.3) is 5.95 Å². The van der Waals surface area contributed by atoms with E-state index in [4.69, 9.17) is 5.73 Å². The van der Waals surface area contributed by atoms with E-state index in [1.165, 1.54) is 17.3 Å². The van der Waals surface area contributed by atoms with Gasteiger partial charge in [0, 0.05) is 12.6 Å². The van der Waals surface area contributed by atoms with Crippen LogP contribution in [0.3, 0.4) is 0 Å². The Kier molecular flexibility index (Phi) is 3.35. The fraction of sp³-hybridized carbons (Fsp3) is 0.500. The average molecular weight is 248 g/mol. The lowest BCUT2D eigenvalue weighted by molar-refractivity contribution is 0.672. The highest BCUT2D eigenvalue weighted by Crippen LogP contribution is 2.13. The van der Waals surface area contributed by atoms with Crippen LogP contribution in [0, 0.1) is 0 Å². The molecule has 18 heavy (non-hydrogen) atoms. The van der Waals surface area contributed by atoms with E-state index in [1.54, 1.807) is 0 Å². The van der Waals surface area contributed by atoms with Gasteiger partial charge in [0.05, 0.1) is 0 Å². The lowest BCUT2D eigenvalue weighted by Gasteiger charge is -2.25. The summed E-state index contributed by atoms with van der Waals surface area (Å²) in [4.78, 5) is 18.4. The average Bonchev–Trinajstić information content (AvgIpc) is 2.82. The Bertz CT molecular complexity index is 507. The molecule has 0 fully saturated rings. The zero-order valence-electron chi connectivity index (χ0n) is 10.6. The molecule has 2 N–H and O–H groups in total. The lowest BCUT2D eigenvalue weighted by atomic mass is 10.3. The van der Waals surface area contributed by atoms with Gasteiger partial charge in [-0.15, -0.1) is 0 Å². The highest BCUT2D eigenvalue weighted by atomic mass is 15.4. The molecule has 8 nitrogen and oxygen atoms in total. The summed E-state index contributed by atoms with van der Waals surface area (Å²) in [5.41, 5.74) is 5.71. The summed E-state index contributed by atoms with van der Waals surface area (Å²) >= 11 is 0. The summed E-state index contributed by atoms with van der Waals surface area (Å²) in [7, 11) is 0. The van der Waals surface area contributed by atoms with Crippen LogP contribution in [0.1, 0.15) is 20.8 Å². The molecule has 0 amide bonds. The van der Waals surface area contributed by atoms with Crippen LogP contribution in [0.25, 0.3) is 5.95 Å². The molecular formula is C10H16N8. The first-order valence-corrected chi connectivity index (χ1v) is 5.75. The van der Waals surface area contributed by atoms with Crippen LogP contribution in [0.15, 0.2) is 12.7 Å². The van der Waals surface area contributed by atoms with Crippen LogP contribution in [-0.4, -0.2) is 42.3 Å². The highest BCUT2D eigenvalue weighted by molar-refractivity contribution is 5.38. The molecule has 0 unspecified atom stereocenters. The molecule has 0 aliphatic heterocycles. The summed E-state index contributed by atoms with van der Waals surface area (Å²) in [5.74, 6) is 1.09. The summed E-state index contributed by atoms with van der Waals surface area (Å²) in [6.07, 6.45) is 2.93. The molecular weight excluding hydrogens is 232 g/mol. The number of anilines is 2. The Morgan fingerprint density at radius 1 is 1.33 bits per heavy atom. The first-order chi connectivity index (χ1) is 8.61. The van der Waals surface area contributed by atoms with Gasteiger partial charge in [-0.05, 0) is 20.8 Å². The van der Waals surface area contributed by atoms with Crippen LogP contribution >= 0.6 is 0 Å². The summed E-state index contributed by atoms with van der Waals surface area (Å²) in [5, 5.41) is 3.98. The summed E-state index contributed by atoms with van der Waals surface area (Å²) < 4.78 is 1.45. The molecule has 0 aliphatic rings. The first-order valence-electron chi connectivity index (χ1n) is 5.75. The van der Waals surface area contributed by atoms with Crippen molar-refractivity contribution in [2.75, 3.05) is 17.2 Å². The molecule has 0 saturated heterocycles. The van der Waals surface area contributed by atoms with Crippen molar-refractivity contribution in [3.63, 3.8) is 0 Å². The van der Waals surface area contributed by atoms with Gasteiger partial charge in [-0.3, -0.25) is 0 Å². The number of aromatic nitrogens is 6. The molecule has 0 aliphatic carbocycles. The van der Waals surface area contributed by atoms with Gasteiger partial charge in [0.2, 0.25) is 11.9 Å². The molecule has 2 heterocycles. The second-order valence-electron chi connectivity index (χ2n) is 4.01. The van der Waals surface area contributed by atoms with Gasteiger partial charge in [0.15, 0.2) is 0 Å². The molecule has 0 saturated carbocycles. The monoisotopic (exact) mass is 248 g/mol. The molecule has 2 rings (SSSR count). The number of nitrogen functional groups attached to an aromatic ring is 1. The number of hydrogen-bond donors (Lipinski definition) is 1. The summed E-state index contributed by atoms with van der Waals surface area (Å²) in [6, 6.07) is 0.278. The van der Waals surface area contributed by atoms with Crippen molar-refractivity contribution in [3.8, 4) is 5.95 Å². The zero-order chi connectivity index (χ0) is 13.1. The fourth-order valence-electron chi connectivity index (χ4n) is 1.65. The van der Waals surface area contributed by atoms with E-state index in [0.717, 1.165) is 6.54 Å². The Hall–Kier alpha value is -2.25. The van der Waals surface area contributed by atoms with E-state index in [-0.39, 0.29) is 12.0 Å². The fourth-order valence-corrected chi connectivity index (χ4v) is 1.65. The quantitative estimate of drug-likeness (QED) is 0.829. The molecule has 8 heteroatoms. The Balaban J connectivity index is 2.44. The number of nitrogens with two attached hydrogens (primary N) is 1. The van der Waals surface area contributed by atoms with Gasteiger partial charge >= 0.3 is 0 Å². The minimum atomic E-state index is 0.171. The van der Waals surface area contributed by atoms with E-state index >= 15 is 0 Å². The van der Waals surface area contributed by atoms with Crippen molar-refractivity contribution in [2.24, 2.45) is 0 Å². The topological polar surface area (TPSA) is 98.6 Å². The predicted octanol–water partition coefficient (Wildman–Crippen LogP) is 0.269. The van der Waals surface area contributed by atoms with Crippen LogP contribution in [0.5, 0.6) is 0 Å². The van der Waals surface area contributed by atoms with Crippen LogP contribution in [0.4, 0.5) is 11.9 Å². The third-order valence-electron chi connectivity index (χ3n) is 2.47. The van der Waals surface area contributed by atoms with Crippen molar-refractivity contribution >= 4 is 11.9 Å². The Morgan fingerprint density at radius 3 is 2.67 bits per heavy atom. The van der Waals surface area contributed by atoms with E-state index in [2.05, 4.69) is 38.9 Å². The van der Waals surface area contributed by atoms with Crippen LogP contribution in [0.2, 0.25) is 0 Å². The van der Waals surface area contributed by atoms with Gasteiger partial charge in [-0.1, -0.05) is 0 Å². The van der Waals surface area contributed by atoms with Crippen LogP contribution in [-0.2, 0) is 0 Å². The smallest absolute Gasteiger partial charge is 0.258 e. The molecule has 2 aromatic rings. The molecule has 0 spiro atoms. The first kappa shape index (κ1) is 12.2. The molecule has 0 bridgehead atoms. The van der Waals surface area contributed by atoms with Crippen molar-refractivity contribution in [1.29, 1.82) is 0 Å². The normalized spacial score (nSPS) is 10.9. The molecule has 0 aromatic carbocycles. The maximum absolute atomic E-state index is 5.71. The van der Waals surface area contributed by atoms with E-state index in [1.807, 2.05) is 11.8 Å². The Labute approximate surface area is 105 Å². The van der Waals surface area contributed by atoms with Crippen molar-refractivity contribution < 1.29 is 0 Å². The van der Waals surface area contributed by atoms with Crippen LogP contribution < -0.4 is 10.6 Å². The summed E-state index contributed by atoms with van der Waals surface area (Å²) in [6.45, 7) is 6.96. The third kappa shape index (κ3) is 2.36. The van der Waals surface area contributed by atoms with E-state index < -0.39 is 0 Å². The van der Waals surface area contributed by atoms with Gasteiger partial charge < -0.3 is 10.6 Å². The maximum atomic E-state index is 5.71. The predicted molar refractivity (Wildman–Crippen MR) is 67.3 cm³/mol. The number of hydrogen-bond acceptors (Lipinski definition) is 7. The van der Waals surface area contributed by atoms with Gasteiger partial charge in [0.1, 0.15) is 12.7 Å². The molecule has 96 valence electrons. The highest BCUT2D eigenvalue weighted by Gasteiger charge is 2.14. The second kappa shape index (κ2) is 4.94. The van der Waals surface area contributed by atoms with Gasteiger partial charge in [-0.25, -0.2) is 4.98 Å². The Morgan fingerprint density at radius 2 is 2.11 bits per heavy atom. The molecule has 0 radical (unpaired) electrons. The zero-order valence-corrected chi connectivity index (χ0v) is 10.6. The lowest BCUT2D eigenvalue weighted by Crippen LogP contribution is -2.32. The van der Waals surface area contributed by atoms with Crippen molar-refractivity contribution in [2.45, 2.75) is 26.8 Å². The van der Waals surface area contributed by atoms with Gasteiger partial charge in [-0.2, -0.15) is 24.7 Å². The number of nitrogens with zero attached hydrogens (tertiary/aromatic N) is 7. The van der Waals surface area contributed by atoms with Crippen molar-refractivity contribution in [3.05, 3.63) is 12.7 Å². The van der Waals surface area contributed by atoms with E-state index in [9.17, 15) is 0 Å². The SMILES string of the molecule is CCN(c1nc(N)nc(-n2cncn2)n1)C(C)C.